The average Bonchev–Trinajstić information content (AvgIpc) is 2.59. The summed E-state index contributed by atoms with van der Waals surface area (Å²) in [4.78, 5) is 11.9. The number of rotatable bonds is 5. The molecule has 0 bridgehead atoms. The van der Waals surface area contributed by atoms with Crippen LogP contribution in [0.25, 0.3) is 10.8 Å². The maximum absolute atomic E-state index is 11.9. The van der Waals surface area contributed by atoms with Crippen LogP contribution in [0.1, 0.15) is 11.1 Å². The van der Waals surface area contributed by atoms with E-state index in [1.165, 1.54) is 10.9 Å². The van der Waals surface area contributed by atoms with Crippen molar-refractivity contribution in [3.05, 3.63) is 83.9 Å². The van der Waals surface area contributed by atoms with Crippen LogP contribution in [0.15, 0.2) is 77.9 Å². The highest BCUT2D eigenvalue weighted by atomic mass is 16.2. The van der Waals surface area contributed by atoms with E-state index in [4.69, 9.17) is 0 Å². The van der Waals surface area contributed by atoms with Gasteiger partial charge in [0, 0.05) is 12.6 Å². The van der Waals surface area contributed by atoms with E-state index in [0.29, 0.717) is 12.8 Å². The molecular formula is C20H18N2O. The molecule has 0 spiro atoms. The Morgan fingerprint density at radius 1 is 0.870 bits per heavy atom. The minimum atomic E-state index is -0.107. The first kappa shape index (κ1) is 15.0. The number of fused-ring (bicyclic) bond motifs is 1. The lowest BCUT2D eigenvalue weighted by Crippen LogP contribution is -2.19. The SMILES string of the molecule is O=C(Cc1ccc2ccccc2c1)N/N=C\Cc1ccccc1. The van der Waals surface area contributed by atoms with Crippen LogP contribution in [0.4, 0.5) is 0 Å². The Labute approximate surface area is 135 Å². The van der Waals surface area contributed by atoms with Gasteiger partial charge in [-0.1, -0.05) is 72.8 Å². The number of hydrazone groups is 1. The van der Waals surface area contributed by atoms with Gasteiger partial charge in [0.15, 0.2) is 0 Å². The van der Waals surface area contributed by atoms with Crippen LogP contribution >= 0.6 is 0 Å². The molecular weight excluding hydrogens is 284 g/mol. The zero-order chi connectivity index (χ0) is 15.9. The van der Waals surface area contributed by atoms with Gasteiger partial charge < -0.3 is 0 Å². The lowest BCUT2D eigenvalue weighted by Gasteiger charge is -2.03. The molecule has 0 radical (unpaired) electrons. The molecule has 0 heterocycles. The summed E-state index contributed by atoms with van der Waals surface area (Å²) in [6.45, 7) is 0. The van der Waals surface area contributed by atoms with Crippen LogP contribution in [0.2, 0.25) is 0 Å². The average molecular weight is 302 g/mol. The molecule has 0 aliphatic carbocycles. The van der Waals surface area contributed by atoms with Crippen LogP contribution < -0.4 is 5.43 Å². The fraction of sp³-hybridized carbons (Fsp3) is 0.100. The second-order valence-corrected chi connectivity index (χ2v) is 5.39. The van der Waals surface area contributed by atoms with Crippen molar-refractivity contribution in [3.8, 4) is 0 Å². The molecule has 3 rings (SSSR count). The maximum atomic E-state index is 11.9. The molecule has 114 valence electrons. The van der Waals surface area contributed by atoms with Crippen molar-refractivity contribution >= 4 is 22.9 Å². The van der Waals surface area contributed by atoms with Crippen molar-refractivity contribution in [2.75, 3.05) is 0 Å². The second-order valence-electron chi connectivity index (χ2n) is 5.39. The number of hydrogen-bond donors (Lipinski definition) is 1. The van der Waals surface area contributed by atoms with Gasteiger partial charge in [-0.05, 0) is 21.9 Å². The van der Waals surface area contributed by atoms with Crippen molar-refractivity contribution in [2.45, 2.75) is 12.8 Å². The molecule has 0 aliphatic rings. The number of carbonyl (C=O) groups is 1. The number of nitrogens with one attached hydrogen (secondary N) is 1. The third kappa shape index (κ3) is 4.27. The van der Waals surface area contributed by atoms with Gasteiger partial charge in [0.05, 0.1) is 6.42 Å². The van der Waals surface area contributed by atoms with Crippen molar-refractivity contribution < 1.29 is 4.79 Å². The van der Waals surface area contributed by atoms with Gasteiger partial charge in [-0.2, -0.15) is 5.10 Å². The molecule has 3 nitrogen and oxygen atoms in total. The molecule has 0 fully saturated rings. The van der Waals surface area contributed by atoms with Gasteiger partial charge in [0.2, 0.25) is 5.91 Å². The Bertz CT molecular complexity index is 825. The molecule has 3 aromatic rings. The summed E-state index contributed by atoms with van der Waals surface area (Å²) in [5.41, 5.74) is 4.73. The summed E-state index contributed by atoms with van der Waals surface area (Å²) in [6.07, 6.45) is 2.75. The largest absolute Gasteiger partial charge is 0.273 e. The fourth-order valence-corrected chi connectivity index (χ4v) is 2.46. The standard InChI is InChI=1S/C20H18N2O/c23-20(22-21-13-12-16-6-2-1-3-7-16)15-17-10-11-18-8-4-5-9-19(18)14-17/h1-11,13-14H,12,15H2,(H,22,23)/b21-13-. The highest BCUT2D eigenvalue weighted by molar-refractivity contribution is 5.85. The smallest absolute Gasteiger partial charge is 0.244 e. The summed E-state index contributed by atoms with van der Waals surface area (Å²) in [6, 6.07) is 24.2. The number of nitrogens with zero attached hydrogens (tertiary/aromatic N) is 1. The predicted molar refractivity (Wildman–Crippen MR) is 94.4 cm³/mol. The van der Waals surface area contributed by atoms with Crippen LogP contribution in [-0.2, 0) is 17.6 Å². The van der Waals surface area contributed by atoms with Crippen LogP contribution in [0.5, 0.6) is 0 Å². The van der Waals surface area contributed by atoms with E-state index in [9.17, 15) is 4.79 Å². The summed E-state index contributed by atoms with van der Waals surface area (Å²) < 4.78 is 0. The van der Waals surface area contributed by atoms with Gasteiger partial charge >= 0.3 is 0 Å². The maximum Gasteiger partial charge on any atom is 0.244 e. The Kier molecular flexibility index (Phi) is 4.79. The third-order valence-electron chi connectivity index (χ3n) is 3.63. The predicted octanol–water partition coefficient (Wildman–Crippen LogP) is 3.73. The highest BCUT2D eigenvalue weighted by Gasteiger charge is 2.03. The molecule has 0 aliphatic heterocycles. The first-order chi connectivity index (χ1) is 11.3. The fourth-order valence-electron chi connectivity index (χ4n) is 2.46. The highest BCUT2D eigenvalue weighted by Crippen LogP contribution is 2.15. The molecule has 23 heavy (non-hydrogen) atoms. The Balaban J connectivity index is 1.54. The van der Waals surface area contributed by atoms with Crippen molar-refractivity contribution in [1.82, 2.24) is 5.43 Å². The van der Waals surface area contributed by atoms with E-state index in [-0.39, 0.29) is 5.91 Å². The molecule has 3 heteroatoms. The topological polar surface area (TPSA) is 41.5 Å². The van der Waals surface area contributed by atoms with Gasteiger partial charge in [0.1, 0.15) is 0 Å². The van der Waals surface area contributed by atoms with Crippen LogP contribution in [0, 0.1) is 0 Å². The number of hydrogen-bond acceptors (Lipinski definition) is 2. The van der Waals surface area contributed by atoms with E-state index >= 15 is 0 Å². The zero-order valence-corrected chi connectivity index (χ0v) is 12.8. The van der Waals surface area contributed by atoms with E-state index in [2.05, 4.69) is 22.7 Å². The van der Waals surface area contributed by atoms with Crippen molar-refractivity contribution in [2.24, 2.45) is 5.10 Å². The summed E-state index contributed by atoms with van der Waals surface area (Å²) >= 11 is 0. The van der Waals surface area contributed by atoms with Gasteiger partial charge in [-0.25, -0.2) is 5.43 Å². The molecule has 0 aromatic heterocycles. The summed E-state index contributed by atoms with van der Waals surface area (Å²) in [5, 5.41) is 6.32. The molecule has 3 aromatic carbocycles. The number of benzene rings is 3. The van der Waals surface area contributed by atoms with Gasteiger partial charge in [0.25, 0.3) is 0 Å². The van der Waals surface area contributed by atoms with Crippen LogP contribution in [-0.4, -0.2) is 12.1 Å². The van der Waals surface area contributed by atoms with Gasteiger partial charge in [-0.3, -0.25) is 4.79 Å². The van der Waals surface area contributed by atoms with Gasteiger partial charge in [-0.15, -0.1) is 0 Å². The number of amides is 1. The zero-order valence-electron chi connectivity index (χ0n) is 12.8. The Morgan fingerprint density at radius 3 is 2.43 bits per heavy atom. The minimum absolute atomic E-state index is 0.107. The van der Waals surface area contributed by atoms with Crippen molar-refractivity contribution in [1.29, 1.82) is 0 Å². The normalized spacial score (nSPS) is 11.0. The molecule has 0 unspecified atom stereocenters. The molecule has 0 atom stereocenters. The molecule has 1 N–H and O–H groups in total. The molecule has 1 amide bonds. The molecule has 0 saturated carbocycles. The van der Waals surface area contributed by atoms with Crippen LogP contribution in [0.3, 0.4) is 0 Å². The first-order valence-corrected chi connectivity index (χ1v) is 7.63. The quantitative estimate of drug-likeness (QED) is 0.566. The minimum Gasteiger partial charge on any atom is -0.273 e. The Morgan fingerprint density at radius 2 is 1.61 bits per heavy atom. The van der Waals surface area contributed by atoms with E-state index in [1.54, 1.807) is 6.21 Å². The first-order valence-electron chi connectivity index (χ1n) is 7.63. The summed E-state index contributed by atoms with van der Waals surface area (Å²) in [7, 11) is 0. The molecule has 0 saturated heterocycles. The number of carbonyl (C=O) groups excluding carboxylic acids is 1. The Hall–Kier alpha value is -2.94. The summed E-state index contributed by atoms with van der Waals surface area (Å²) in [5.74, 6) is -0.107. The lowest BCUT2D eigenvalue weighted by atomic mass is 10.1. The third-order valence-corrected chi connectivity index (χ3v) is 3.63. The second kappa shape index (κ2) is 7.36. The lowest BCUT2D eigenvalue weighted by molar-refractivity contribution is -0.120. The van der Waals surface area contributed by atoms with Crippen molar-refractivity contribution in [3.63, 3.8) is 0 Å². The monoisotopic (exact) mass is 302 g/mol. The van der Waals surface area contributed by atoms with E-state index in [0.717, 1.165) is 10.9 Å². The van der Waals surface area contributed by atoms with E-state index < -0.39 is 0 Å². The van der Waals surface area contributed by atoms with E-state index in [1.807, 2.05) is 60.7 Å².